The summed E-state index contributed by atoms with van der Waals surface area (Å²) >= 11 is 5.97. The first-order chi connectivity index (χ1) is 10.4. The molecule has 0 saturated carbocycles. The second kappa shape index (κ2) is 8.89. The summed E-state index contributed by atoms with van der Waals surface area (Å²) in [6.45, 7) is 8.12. The van der Waals surface area contributed by atoms with Crippen LogP contribution in [0, 0.1) is 0 Å². The van der Waals surface area contributed by atoms with Crippen LogP contribution in [0.3, 0.4) is 0 Å². The van der Waals surface area contributed by atoms with Crippen LogP contribution in [0.2, 0.25) is 5.02 Å². The molecule has 0 aliphatic rings. The van der Waals surface area contributed by atoms with Gasteiger partial charge in [-0.25, -0.2) is 9.59 Å². The van der Waals surface area contributed by atoms with Crippen molar-refractivity contribution in [2.45, 2.75) is 13.0 Å². The third-order valence-electron chi connectivity index (χ3n) is 2.46. The summed E-state index contributed by atoms with van der Waals surface area (Å²) in [5.74, 6) is -0.771. The van der Waals surface area contributed by atoms with Gasteiger partial charge < -0.3 is 14.2 Å². The summed E-state index contributed by atoms with van der Waals surface area (Å²) in [5.41, 5.74) is 0.234. The fourth-order valence-corrected chi connectivity index (χ4v) is 1.54. The van der Waals surface area contributed by atoms with Gasteiger partial charge in [0.2, 0.25) is 0 Å². The summed E-state index contributed by atoms with van der Waals surface area (Å²) < 4.78 is 15.5. The van der Waals surface area contributed by atoms with Crippen molar-refractivity contribution in [2.75, 3.05) is 13.2 Å². The Morgan fingerprint density at radius 2 is 2.00 bits per heavy atom. The first-order valence-electron chi connectivity index (χ1n) is 6.47. The van der Waals surface area contributed by atoms with E-state index in [1.165, 1.54) is 6.92 Å². The van der Waals surface area contributed by atoms with Crippen molar-refractivity contribution >= 4 is 23.5 Å². The van der Waals surface area contributed by atoms with Crippen LogP contribution in [0.4, 0.5) is 0 Å². The molecule has 1 rings (SSSR count). The molecule has 0 amide bonds. The number of hydrogen-bond donors (Lipinski definition) is 0. The molecule has 0 aliphatic carbocycles. The van der Waals surface area contributed by atoms with Gasteiger partial charge in [-0.1, -0.05) is 36.9 Å². The van der Waals surface area contributed by atoms with Gasteiger partial charge in [-0.15, -0.1) is 0 Å². The molecule has 0 aromatic heterocycles. The van der Waals surface area contributed by atoms with Crippen LogP contribution in [0.15, 0.2) is 49.1 Å². The minimum atomic E-state index is -0.788. The SMILES string of the molecule is C=CC(=O)OCC(COc1ccccc1Cl)OC(=O)C(=C)C. The van der Waals surface area contributed by atoms with Crippen molar-refractivity contribution in [3.05, 3.63) is 54.1 Å². The Balaban J connectivity index is 2.65. The Labute approximate surface area is 134 Å². The van der Waals surface area contributed by atoms with E-state index >= 15 is 0 Å². The number of ether oxygens (including phenoxy) is 3. The molecule has 22 heavy (non-hydrogen) atoms. The van der Waals surface area contributed by atoms with Crippen molar-refractivity contribution in [1.29, 1.82) is 0 Å². The lowest BCUT2D eigenvalue weighted by molar-refractivity contribution is -0.155. The lowest BCUT2D eigenvalue weighted by Gasteiger charge is -2.18. The molecule has 0 bridgehead atoms. The normalized spacial score (nSPS) is 11.2. The maximum atomic E-state index is 11.6. The van der Waals surface area contributed by atoms with E-state index in [1.807, 2.05) is 0 Å². The maximum Gasteiger partial charge on any atom is 0.333 e. The zero-order valence-corrected chi connectivity index (χ0v) is 13.0. The first kappa shape index (κ1) is 17.8. The van der Waals surface area contributed by atoms with E-state index in [1.54, 1.807) is 24.3 Å². The predicted octanol–water partition coefficient (Wildman–Crippen LogP) is 2.94. The molecule has 5 nitrogen and oxygen atoms in total. The Bertz CT molecular complexity index is 567. The highest BCUT2D eigenvalue weighted by Crippen LogP contribution is 2.23. The molecule has 118 valence electrons. The average molecular weight is 325 g/mol. The summed E-state index contributed by atoms with van der Waals surface area (Å²) in [7, 11) is 0. The van der Waals surface area contributed by atoms with Crippen LogP contribution in [-0.2, 0) is 19.1 Å². The highest BCUT2D eigenvalue weighted by atomic mass is 35.5. The van der Waals surface area contributed by atoms with E-state index in [0.717, 1.165) is 6.08 Å². The van der Waals surface area contributed by atoms with Gasteiger partial charge in [-0.05, 0) is 19.1 Å². The third-order valence-corrected chi connectivity index (χ3v) is 2.77. The van der Waals surface area contributed by atoms with Gasteiger partial charge in [-0.2, -0.15) is 0 Å². The highest BCUT2D eigenvalue weighted by molar-refractivity contribution is 6.32. The quantitative estimate of drug-likeness (QED) is 0.543. The minimum absolute atomic E-state index is 0.0207. The van der Waals surface area contributed by atoms with Crippen LogP contribution in [0.25, 0.3) is 0 Å². The number of para-hydroxylation sites is 1. The summed E-state index contributed by atoms with van der Waals surface area (Å²) in [6.07, 6.45) is 0.233. The number of benzene rings is 1. The lowest BCUT2D eigenvalue weighted by Crippen LogP contribution is -2.31. The lowest BCUT2D eigenvalue weighted by atomic mass is 10.3. The molecule has 0 radical (unpaired) electrons. The largest absolute Gasteiger partial charge is 0.488 e. The van der Waals surface area contributed by atoms with Gasteiger partial charge in [0.15, 0.2) is 6.10 Å². The van der Waals surface area contributed by atoms with Gasteiger partial charge in [0.25, 0.3) is 0 Å². The molecule has 0 spiro atoms. The third kappa shape index (κ3) is 6.01. The fraction of sp³-hybridized carbons (Fsp3) is 0.250. The standard InChI is InChI=1S/C16H17ClO5/c1-4-15(18)21-10-12(22-16(19)11(2)3)9-20-14-8-6-5-7-13(14)17/h4-8,12H,1-2,9-10H2,3H3. The Hall–Kier alpha value is -2.27. The molecular weight excluding hydrogens is 308 g/mol. The van der Waals surface area contributed by atoms with Crippen LogP contribution in [-0.4, -0.2) is 31.3 Å². The molecule has 1 atom stereocenters. The predicted molar refractivity (Wildman–Crippen MR) is 82.8 cm³/mol. The highest BCUT2D eigenvalue weighted by Gasteiger charge is 2.18. The molecule has 0 fully saturated rings. The molecule has 0 heterocycles. The molecule has 0 N–H and O–H groups in total. The number of hydrogen-bond acceptors (Lipinski definition) is 5. The second-order valence-corrected chi connectivity index (χ2v) is 4.79. The van der Waals surface area contributed by atoms with E-state index in [-0.39, 0.29) is 18.8 Å². The number of carbonyl (C=O) groups excluding carboxylic acids is 2. The van der Waals surface area contributed by atoms with Crippen LogP contribution < -0.4 is 4.74 Å². The summed E-state index contributed by atoms with van der Waals surface area (Å²) in [4.78, 5) is 22.7. The summed E-state index contributed by atoms with van der Waals surface area (Å²) in [5, 5.41) is 0.426. The summed E-state index contributed by atoms with van der Waals surface area (Å²) in [6, 6.07) is 6.87. The molecule has 1 aromatic rings. The molecule has 0 saturated heterocycles. The number of esters is 2. The zero-order valence-electron chi connectivity index (χ0n) is 12.2. The van der Waals surface area contributed by atoms with E-state index < -0.39 is 18.0 Å². The van der Waals surface area contributed by atoms with E-state index in [9.17, 15) is 9.59 Å². The van der Waals surface area contributed by atoms with Crippen molar-refractivity contribution in [3.8, 4) is 5.75 Å². The van der Waals surface area contributed by atoms with Crippen molar-refractivity contribution < 1.29 is 23.8 Å². The molecule has 0 aliphatic heterocycles. The van der Waals surface area contributed by atoms with Crippen molar-refractivity contribution in [1.82, 2.24) is 0 Å². The van der Waals surface area contributed by atoms with Gasteiger partial charge in [0.1, 0.15) is 19.0 Å². The zero-order chi connectivity index (χ0) is 16.5. The van der Waals surface area contributed by atoms with Crippen LogP contribution in [0.1, 0.15) is 6.92 Å². The smallest absolute Gasteiger partial charge is 0.333 e. The van der Waals surface area contributed by atoms with E-state index in [0.29, 0.717) is 10.8 Å². The maximum absolute atomic E-state index is 11.6. The molecule has 6 heteroatoms. The van der Waals surface area contributed by atoms with Gasteiger partial charge in [0, 0.05) is 11.6 Å². The van der Waals surface area contributed by atoms with Crippen LogP contribution >= 0.6 is 11.6 Å². The van der Waals surface area contributed by atoms with E-state index in [2.05, 4.69) is 13.2 Å². The van der Waals surface area contributed by atoms with Gasteiger partial charge in [0.05, 0.1) is 5.02 Å². The Morgan fingerprint density at radius 1 is 1.32 bits per heavy atom. The topological polar surface area (TPSA) is 61.8 Å². The number of rotatable bonds is 8. The van der Waals surface area contributed by atoms with E-state index in [4.69, 9.17) is 25.8 Å². The monoisotopic (exact) mass is 324 g/mol. The first-order valence-corrected chi connectivity index (χ1v) is 6.84. The second-order valence-electron chi connectivity index (χ2n) is 4.38. The Morgan fingerprint density at radius 3 is 2.59 bits per heavy atom. The molecule has 1 unspecified atom stereocenters. The molecule has 1 aromatic carbocycles. The number of carbonyl (C=O) groups is 2. The average Bonchev–Trinajstić information content (AvgIpc) is 2.50. The fourth-order valence-electron chi connectivity index (χ4n) is 1.35. The van der Waals surface area contributed by atoms with Gasteiger partial charge >= 0.3 is 11.9 Å². The minimum Gasteiger partial charge on any atom is -0.488 e. The van der Waals surface area contributed by atoms with Gasteiger partial charge in [-0.3, -0.25) is 0 Å². The van der Waals surface area contributed by atoms with Crippen LogP contribution in [0.5, 0.6) is 5.75 Å². The Kier molecular flexibility index (Phi) is 7.19. The number of halogens is 1. The van der Waals surface area contributed by atoms with Crippen molar-refractivity contribution in [3.63, 3.8) is 0 Å². The van der Waals surface area contributed by atoms with Crippen molar-refractivity contribution in [2.24, 2.45) is 0 Å². The molecular formula is C16H17ClO5.